The van der Waals surface area contributed by atoms with Crippen LogP contribution in [0, 0.1) is 13.8 Å². The Morgan fingerprint density at radius 1 is 1.17 bits per heavy atom. The van der Waals surface area contributed by atoms with Crippen LogP contribution in [-0.4, -0.2) is 19.6 Å². The number of anilines is 1. The number of likely N-dealkylation sites (N-methyl/N-ethyl adjacent to an activating group) is 1. The zero-order valence-corrected chi connectivity index (χ0v) is 14.9. The number of hydrogen-bond donors (Lipinski definition) is 2. The molecule has 0 fully saturated rings. The topological polar surface area (TPSA) is 24.1 Å². The van der Waals surface area contributed by atoms with Crippen LogP contribution in [0.5, 0.6) is 0 Å². The maximum absolute atomic E-state index is 6.11. The van der Waals surface area contributed by atoms with Gasteiger partial charge in [0.25, 0.3) is 0 Å². The smallest absolute Gasteiger partial charge is 0.0409 e. The fraction of sp³-hybridized carbons (Fsp3) is 0.400. The molecule has 3 heteroatoms. The normalized spacial score (nSPS) is 16.8. The Morgan fingerprint density at radius 3 is 2.74 bits per heavy atom. The first kappa shape index (κ1) is 16.4. The van der Waals surface area contributed by atoms with Gasteiger partial charge in [0.05, 0.1) is 0 Å². The van der Waals surface area contributed by atoms with Gasteiger partial charge in [0.1, 0.15) is 0 Å². The lowest BCUT2D eigenvalue weighted by Crippen LogP contribution is -2.27. The Kier molecular flexibility index (Phi) is 4.93. The van der Waals surface area contributed by atoms with Crippen molar-refractivity contribution in [1.82, 2.24) is 5.32 Å². The molecule has 2 aromatic carbocycles. The quantitative estimate of drug-likeness (QED) is 0.812. The number of fused-ring (bicyclic) bond motifs is 1. The van der Waals surface area contributed by atoms with Crippen LogP contribution < -0.4 is 10.6 Å². The van der Waals surface area contributed by atoms with E-state index in [9.17, 15) is 0 Å². The van der Waals surface area contributed by atoms with Crippen LogP contribution in [0.15, 0.2) is 30.3 Å². The predicted molar refractivity (Wildman–Crippen MR) is 101 cm³/mol. The number of halogens is 1. The molecule has 0 amide bonds. The summed E-state index contributed by atoms with van der Waals surface area (Å²) in [5.74, 6) is 0.581. The average molecular weight is 329 g/mol. The summed E-state index contributed by atoms with van der Waals surface area (Å²) < 4.78 is 0. The molecule has 0 bridgehead atoms. The number of hydrogen-bond acceptors (Lipinski definition) is 2. The minimum absolute atomic E-state index is 0.581. The van der Waals surface area contributed by atoms with Crippen LogP contribution in [0.1, 0.15) is 36.0 Å². The monoisotopic (exact) mass is 328 g/mol. The van der Waals surface area contributed by atoms with E-state index in [0.29, 0.717) is 5.92 Å². The molecule has 122 valence electrons. The Bertz CT molecular complexity index is 709. The van der Waals surface area contributed by atoms with Gasteiger partial charge in [-0.3, -0.25) is 0 Å². The van der Waals surface area contributed by atoms with Crippen LogP contribution in [0.3, 0.4) is 0 Å². The van der Waals surface area contributed by atoms with E-state index in [2.05, 4.69) is 49.6 Å². The molecular weight excluding hydrogens is 304 g/mol. The van der Waals surface area contributed by atoms with E-state index in [1.54, 1.807) is 0 Å². The van der Waals surface area contributed by atoms with E-state index in [-0.39, 0.29) is 0 Å². The van der Waals surface area contributed by atoms with Crippen molar-refractivity contribution in [2.45, 2.75) is 33.1 Å². The van der Waals surface area contributed by atoms with Gasteiger partial charge < -0.3 is 10.6 Å². The highest BCUT2D eigenvalue weighted by molar-refractivity contribution is 6.30. The summed E-state index contributed by atoms with van der Waals surface area (Å²) in [7, 11) is 0. The molecular formula is C20H25ClN2. The summed E-state index contributed by atoms with van der Waals surface area (Å²) >= 11 is 6.11. The predicted octanol–water partition coefficient (Wildman–Crippen LogP) is 5.13. The highest BCUT2D eigenvalue weighted by Crippen LogP contribution is 2.38. The summed E-state index contributed by atoms with van der Waals surface area (Å²) in [6.45, 7) is 9.63. The van der Waals surface area contributed by atoms with Gasteiger partial charge in [-0.25, -0.2) is 0 Å². The standard InChI is InChI=1S/C20H25ClN2/c1-4-22-12-15-7-8-23-20-14(3)9-16(11-19(15)20)18-6-5-17(21)10-13(18)2/h5-6,9-11,15,22-23H,4,7-8,12H2,1-3H3. The van der Waals surface area contributed by atoms with Crippen molar-refractivity contribution in [3.8, 4) is 11.1 Å². The van der Waals surface area contributed by atoms with E-state index in [1.165, 1.54) is 39.9 Å². The fourth-order valence-corrected chi connectivity index (χ4v) is 3.77. The minimum atomic E-state index is 0.581. The van der Waals surface area contributed by atoms with Gasteiger partial charge in [-0.15, -0.1) is 0 Å². The summed E-state index contributed by atoms with van der Waals surface area (Å²) in [6, 6.07) is 10.8. The first-order chi connectivity index (χ1) is 11.1. The second-order valence-corrected chi connectivity index (χ2v) is 6.87. The molecule has 1 unspecified atom stereocenters. The third-order valence-electron chi connectivity index (χ3n) is 4.74. The zero-order valence-electron chi connectivity index (χ0n) is 14.2. The minimum Gasteiger partial charge on any atom is -0.385 e. The largest absolute Gasteiger partial charge is 0.385 e. The molecule has 0 aromatic heterocycles. The molecule has 0 saturated heterocycles. The van der Waals surface area contributed by atoms with Crippen molar-refractivity contribution >= 4 is 17.3 Å². The molecule has 1 aliphatic rings. The molecule has 3 rings (SSSR count). The van der Waals surface area contributed by atoms with Gasteiger partial charge in [-0.2, -0.15) is 0 Å². The van der Waals surface area contributed by atoms with Crippen LogP contribution in [0.25, 0.3) is 11.1 Å². The zero-order chi connectivity index (χ0) is 16.4. The molecule has 23 heavy (non-hydrogen) atoms. The molecule has 0 saturated carbocycles. The lowest BCUT2D eigenvalue weighted by molar-refractivity contribution is 0.563. The number of rotatable bonds is 4. The van der Waals surface area contributed by atoms with E-state index >= 15 is 0 Å². The van der Waals surface area contributed by atoms with Crippen LogP contribution in [0.2, 0.25) is 5.02 Å². The van der Waals surface area contributed by atoms with Crippen molar-refractivity contribution in [2.75, 3.05) is 25.0 Å². The van der Waals surface area contributed by atoms with Gasteiger partial charge in [0.15, 0.2) is 0 Å². The van der Waals surface area contributed by atoms with Gasteiger partial charge >= 0.3 is 0 Å². The van der Waals surface area contributed by atoms with Gasteiger partial charge in [0.2, 0.25) is 0 Å². The molecule has 1 atom stereocenters. The molecule has 2 aromatic rings. The molecule has 2 nitrogen and oxygen atoms in total. The van der Waals surface area contributed by atoms with E-state index in [4.69, 9.17) is 11.6 Å². The second kappa shape index (κ2) is 6.94. The first-order valence-electron chi connectivity index (χ1n) is 8.45. The maximum atomic E-state index is 6.11. The van der Waals surface area contributed by atoms with Crippen LogP contribution >= 0.6 is 11.6 Å². The highest BCUT2D eigenvalue weighted by atomic mass is 35.5. The van der Waals surface area contributed by atoms with Crippen molar-refractivity contribution in [1.29, 1.82) is 0 Å². The number of benzene rings is 2. The second-order valence-electron chi connectivity index (χ2n) is 6.44. The lowest BCUT2D eigenvalue weighted by atomic mass is 9.86. The molecule has 2 N–H and O–H groups in total. The number of nitrogens with one attached hydrogen (secondary N) is 2. The van der Waals surface area contributed by atoms with Crippen molar-refractivity contribution < 1.29 is 0 Å². The van der Waals surface area contributed by atoms with Crippen molar-refractivity contribution in [3.05, 3.63) is 52.0 Å². The summed E-state index contributed by atoms with van der Waals surface area (Å²) in [4.78, 5) is 0. The highest BCUT2D eigenvalue weighted by Gasteiger charge is 2.22. The van der Waals surface area contributed by atoms with E-state index < -0.39 is 0 Å². The number of aryl methyl sites for hydroxylation is 2. The van der Waals surface area contributed by atoms with Crippen LogP contribution in [0.4, 0.5) is 5.69 Å². The molecule has 0 radical (unpaired) electrons. The fourth-order valence-electron chi connectivity index (χ4n) is 3.54. The molecule has 0 aliphatic carbocycles. The average Bonchev–Trinajstić information content (AvgIpc) is 2.53. The summed E-state index contributed by atoms with van der Waals surface area (Å²) in [6.07, 6.45) is 1.18. The maximum Gasteiger partial charge on any atom is 0.0409 e. The SMILES string of the molecule is CCNCC1CCNc2c(C)cc(-c3ccc(Cl)cc3C)cc21. The van der Waals surface area contributed by atoms with Gasteiger partial charge in [-0.05, 0) is 78.9 Å². The molecule has 1 aliphatic heterocycles. The first-order valence-corrected chi connectivity index (χ1v) is 8.83. The third kappa shape index (κ3) is 3.39. The Labute approximate surface area is 144 Å². The van der Waals surface area contributed by atoms with Crippen LogP contribution in [-0.2, 0) is 0 Å². The Morgan fingerprint density at radius 2 is 2.00 bits per heavy atom. The van der Waals surface area contributed by atoms with E-state index in [1.807, 2.05) is 12.1 Å². The lowest BCUT2D eigenvalue weighted by Gasteiger charge is -2.29. The van der Waals surface area contributed by atoms with Crippen molar-refractivity contribution in [3.63, 3.8) is 0 Å². The Balaban J connectivity index is 2.05. The van der Waals surface area contributed by atoms with E-state index in [0.717, 1.165) is 24.7 Å². The molecule has 1 heterocycles. The molecule has 0 spiro atoms. The third-order valence-corrected chi connectivity index (χ3v) is 4.98. The van der Waals surface area contributed by atoms with Gasteiger partial charge in [-0.1, -0.05) is 24.6 Å². The van der Waals surface area contributed by atoms with Gasteiger partial charge in [0, 0.05) is 29.7 Å². The Hall–Kier alpha value is -1.51. The van der Waals surface area contributed by atoms with Crippen molar-refractivity contribution in [2.24, 2.45) is 0 Å². The summed E-state index contributed by atoms with van der Waals surface area (Å²) in [5, 5.41) is 7.90. The summed E-state index contributed by atoms with van der Waals surface area (Å²) in [5.41, 5.74) is 7.89.